The lowest BCUT2D eigenvalue weighted by Gasteiger charge is -2.17. The summed E-state index contributed by atoms with van der Waals surface area (Å²) in [7, 11) is 0. The number of esters is 1. The van der Waals surface area contributed by atoms with E-state index in [1.807, 2.05) is 30.5 Å². The van der Waals surface area contributed by atoms with Crippen molar-refractivity contribution in [1.82, 2.24) is 4.98 Å². The second-order valence-electron chi connectivity index (χ2n) is 3.99. The van der Waals surface area contributed by atoms with Gasteiger partial charge in [-0.25, -0.2) is 4.79 Å². The van der Waals surface area contributed by atoms with Gasteiger partial charge in [-0.3, -0.25) is 4.98 Å². The molecular formula is C13H11NO2S. The normalized spacial score (nSPS) is 14.3. The molecule has 0 bridgehead atoms. The molecular weight excluding hydrogens is 234 g/mol. The van der Waals surface area contributed by atoms with Crippen molar-refractivity contribution in [1.29, 1.82) is 0 Å². The molecule has 0 atom stereocenters. The molecule has 0 unspecified atom stereocenters. The van der Waals surface area contributed by atoms with E-state index in [0.717, 1.165) is 28.2 Å². The van der Waals surface area contributed by atoms with E-state index in [2.05, 4.69) is 4.98 Å². The van der Waals surface area contributed by atoms with Crippen molar-refractivity contribution in [2.75, 3.05) is 6.61 Å². The molecule has 0 spiro atoms. The van der Waals surface area contributed by atoms with Gasteiger partial charge in [0.25, 0.3) is 0 Å². The Morgan fingerprint density at radius 3 is 3.12 bits per heavy atom. The molecule has 3 rings (SSSR count). The van der Waals surface area contributed by atoms with Crippen LogP contribution in [0.1, 0.15) is 21.6 Å². The first-order valence-corrected chi connectivity index (χ1v) is 6.35. The molecule has 1 aliphatic rings. The highest BCUT2D eigenvalue weighted by Gasteiger charge is 2.22. The number of carbonyl (C=O) groups is 1. The Balaban J connectivity index is 2.17. The van der Waals surface area contributed by atoms with Crippen LogP contribution in [0.15, 0.2) is 23.6 Å². The zero-order valence-electron chi connectivity index (χ0n) is 9.40. The molecule has 0 amide bonds. The van der Waals surface area contributed by atoms with Gasteiger partial charge in [0.1, 0.15) is 0 Å². The van der Waals surface area contributed by atoms with Crippen LogP contribution in [0.5, 0.6) is 0 Å². The van der Waals surface area contributed by atoms with Crippen LogP contribution in [-0.2, 0) is 11.2 Å². The third-order valence-electron chi connectivity index (χ3n) is 2.86. The van der Waals surface area contributed by atoms with E-state index < -0.39 is 0 Å². The summed E-state index contributed by atoms with van der Waals surface area (Å²) in [4.78, 5) is 17.3. The molecule has 0 fully saturated rings. The number of nitrogens with zero attached hydrogens (tertiary/aromatic N) is 1. The zero-order valence-corrected chi connectivity index (χ0v) is 10.2. The van der Waals surface area contributed by atoms with E-state index in [4.69, 9.17) is 4.74 Å². The second-order valence-corrected chi connectivity index (χ2v) is 4.94. The lowest BCUT2D eigenvalue weighted by atomic mass is 10.0. The average molecular weight is 245 g/mol. The summed E-state index contributed by atoms with van der Waals surface area (Å²) in [5, 5.41) is 2.03. The molecule has 4 heteroatoms. The summed E-state index contributed by atoms with van der Waals surface area (Å²) in [6, 6.07) is 6.05. The number of aromatic nitrogens is 1. The van der Waals surface area contributed by atoms with Crippen molar-refractivity contribution in [2.45, 2.75) is 13.3 Å². The van der Waals surface area contributed by atoms with Crippen molar-refractivity contribution >= 4 is 17.3 Å². The number of pyridine rings is 1. The molecule has 2 aromatic rings. The molecule has 86 valence electrons. The topological polar surface area (TPSA) is 39.2 Å². The van der Waals surface area contributed by atoms with E-state index in [1.54, 1.807) is 11.3 Å². The van der Waals surface area contributed by atoms with Crippen LogP contribution >= 0.6 is 11.3 Å². The standard InChI is InChI=1S/C13H11NO2S/c1-8-12-9(4-5-16-13(12)15)7-10(14-8)11-3-2-6-17-11/h2-3,6-7H,4-5H2,1H3. The molecule has 0 saturated carbocycles. The molecule has 0 aliphatic carbocycles. The fourth-order valence-electron chi connectivity index (χ4n) is 2.09. The summed E-state index contributed by atoms with van der Waals surface area (Å²) in [5.74, 6) is -0.242. The third kappa shape index (κ3) is 1.74. The second kappa shape index (κ2) is 3.96. The van der Waals surface area contributed by atoms with Crippen LogP contribution in [0.2, 0.25) is 0 Å². The van der Waals surface area contributed by atoms with Crippen LogP contribution in [0.4, 0.5) is 0 Å². The first-order valence-electron chi connectivity index (χ1n) is 5.47. The average Bonchev–Trinajstić information content (AvgIpc) is 2.81. The number of aryl methyl sites for hydroxylation is 1. The maximum Gasteiger partial charge on any atom is 0.340 e. The van der Waals surface area contributed by atoms with Gasteiger partial charge in [-0.2, -0.15) is 0 Å². The van der Waals surface area contributed by atoms with Crippen molar-refractivity contribution in [2.24, 2.45) is 0 Å². The van der Waals surface area contributed by atoms with Gasteiger partial charge in [-0.05, 0) is 30.0 Å². The van der Waals surface area contributed by atoms with Crippen LogP contribution < -0.4 is 0 Å². The van der Waals surface area contributed by atoms with E-state index in [0.29, 0.717) is 12.2 Å². The number of thiophene rings is 1. The summed E-state index contributed by atoms with van der Waals surface area (Å²) >= 11 is 1.66. The van der Waals surface area contributed by atoms with Crippen LogP contribution in [0.3, 0.4) is 0 Å². The van der Waals surface area contributed by atoms with Crippen molar-refractivity contribution in [3.8, 4) is 10.6 Å². The van der Waals surface area contributed by atoms with Crippen molar-refractivity contribution in [3.05, 3.63) is 40.4 Å². The van der Waals surface area contributed by atoms with Gasteiger partial charge in [-0.15, -0.1) is 11.3 Å². The number of rotatable bonds is 1. The monoisotopic (exact) mass is 245 g/mol. The molecule has 3 heterocycles. The molecule has 0 radical (unpaired) electrons. The van der Waals surface area contributed by atoms with Gasteiger partial charge in [0.2, 0.25) is 0 Å². The van der Waals surface area contributed by atoms with Gasteiger partial charge in [0, 0.05) is 6.42 Å². The minimum atomic E-state index is -0.242. The number of fused-ring (bicyclic) bond motifs is 1. The minimum absolute atomic E-state index is 0.242. The number of ether oxygens (including phenoxy) is 1. The van der Waals surface area contributed by atoms with Gasteiger partial charge in [0.05, 0.1) is 28.4 Å². The third-order valence-corrected chi connectivity index (χ3v) is 3.76. The molecule has 0 aromatic carbocycles. The summed E-state index contributed by atoms with van der Waals surface area (Å²) in [5.41, 5.74) is 3.41. The lowest BCUT2D eigenvalue weighted by Crippen LogP contribution is -2.19. The number of carbonyl (C=O) groups excluding carboxylic acids is 1. The Hall–Kier alpha value is -1.68. The van der Waals surface area contributed by atoms with Gasteiger partial charge in [-0.1, -0.05) is 6.07 Å². The maximum atomic E-state index is 11.6. The van der Waals surface area contributed by atoms with Crippen LogP contribution in [0.25, 0.3) is 10.6 Å². The van der Waals surface area contributed by atoms with Crippen molar-refractivity contribution in [3.63, 3.8) is 0 Å². The Morgan fingerprint density at radius 1 is 1.47 bits per heavy atom. The first kappa shape index (κ1) is 10.5. The molecule has 3 nitrogen and oxygen atoms in total. The highest BCUT2D eigenvalue weighted by molar-refractivity contribution is 7.13. The molecule has 1 aliphatic heterocycles. The fourth-order valence-corrected chi connectivity index (χ4v) is 2.78. The van der Waals surface area contributed by atoms with Gasteiger partial charge in [0.15, 0.2) is 0 Å². The molecule has 2 aromatic heterocycles. The van der Waals surface area contributed by atoms with E-state index >= 15 is 0 Å². The largest absolute Gasteiger partial charge is 0.462 e. The molecule has 0 saturated heterocycles. The summed E-state index contributed by atoms with van der Waals surface area (Å²) in [6.45, 7) is 2.34. The SMILES string of the molecule is Cc1nc(-c2cccs2)cc2c1C(=O)OCC2. The highest BCUT2D eigenvalue weighted by atomic mass is 32.1. The zero-order chi connectivity index (χ0) is 11.8. The van der Waals surface area contributed by atoms with Crippen LogP contribution in [-0.4, -0.2) is 17.6 Å². The predicted octanol–water partition coefficient (Wildman–Crippen LogP) is 2.83. The maximum absolute atomic E-state index is 11.6. The van der Waals surface area contributed by atoms with Gasteiger partial charge < -0.3 is 4.74 Å². The van der Waals surface area contributed by atoms with E-state index in [1.165, 1.54) is 0 Å². The quantitative estimate of drug-likeness (QED) is 0.725. The number of cyclic esters (lactones) is 1. The van der Waals surface area contributed by atoms with Gasteiger partial charge >= 0.3 is 5.97 Å². The predicted molar refractivity (Wildman–Crippen MR) is 66.3 cm³/mol. The van der Waals surface area contributed by atoms with Crippen LogP contribution in [0, 0.1) is 6.92 Å². The number of hydrogen-bond donors (Lipinski definition) is 0. The molecule has 17 heavy (non-hydrogen) atoms. The minimum Gasteiger partial charge on any atom is -0.462 e. The Bertz CT molecular complexity index is 575. The number of hydrogen-bond acceptors (Lipinski definition) is 4. The first-order chi connectivity index (χ1) is 8.25. The summed E-state index contributed by atoms with van der Waals surface area (Å²) in [6.07, 6.45) is 0.781. The van der Waals surface area contributed by atoms with Crippen molar-refractivity contribution < 1.29 is 9.53 Å². The smallest absolute Gasteiger partial charge is 0.340 e. The summed E-state index contributed by atoms with van der Waals surface area (Å²) < 4.78 is 5.04. The lowest BCUT2D eigenvalue weighted by molar-refractivity contribution is 0.0478. The fraction of sp³-hybridized carbons (Fsp3) is 0.231. The Kier molecular flexibility index (Phi) is 2.44. The highest BCUT2D eigenvalue weighted by Crippen LogP contribution is 2.28. The molecule has 0 N–H and O–H groups in total. The van der Waals surface area contributed by atoms with E-state index in [-0.39, 0.29) is 5.97 Å². The van der Waals surface area contributed by atoms with E-state index in [9.17, 15) is 4.79 Å². The Morgan fingerprint density at radius 2 is 2.35 bits per heavy atom. The Labute approximate surface area is 103 Å².